The Morgan fingerprint density at radius 1 is 1.11 bits per heavy atom. The summed E-state index contributed by atoms with van der Waals surface area (Å²) in [6.45, 7) is 4.83. The fourth-order valence-corrected chi connectivity index (χ4v) is 3.70. The van der Waals surface area contributed by atoms with Crippen LogP contribution < -0.4 is 10.1 Å². The number of hydrogen-bond donors (Lipinski definition) is 1. The monoisotopic (exact) mass is 392 g/mol. The van der Waals surface area contributed by atoms with Crippen LogP contribution in [0.4, 0.5) is 4.79 Å². The number of rotatable bonds is 8. The number of nitrogens with zero attached hydrogens (tertiary/aromatic N) is 1. The molecule has 1 aromatic heterocycles. The minimum Gasteiger partial charge on any atom is -0.497 e. The number of carbonyl (C=O) groups is 1. The molecular formula is C23H24N2O2S. The van der Waals surface area contributed by atoms with Crippen LogP contribution in [0.15, 0.2) is 84.8 Å². The summed E-state index contributed by atoms with van der Waals surface area (Å²) in [4.78, 5) is 16.0. The van der Waals surface area contributed by atoms with E-state index in [1.807, 2.05) is 72.1 Å². The van der Waals surface area contributed by atoms with Gasteiger partial charge in [-0.3, -0.25) is 0 Å². The van der Waals surface area contributed by atoms with Crippen LogP contribution in [0.2, 0.25) is 0 Å². The number of methoxy groups -OCH3 is 1. The van der Waals surface area contributed by atoms with Crippen molar-refractivity contribution in [2.45, 2.75) is 12.6 Å². The van der Waals surface area contributed by atoms with Gasteiger partial charge in [-0.2, -0.15) is 0 Å². The summed E-state index contributed by atoms with van der Waals surface area (Å²) in [5.41, 5.74) is 2.02. The van der Waals surface area contributed by atoms with E-state index in [1.165, 1.54) is 0 Å². The lowest BCUT2D eigenvalue weighted by Crippen LogP contribution is -2.41. The van der Waals surface area contributed by atoms with Crippen molar-refractivity contribution < 1.29 is 9.53 Å². The molecule has 0 aliphatic carbocycles. The summed E-state index contributed by atoms with van der Waals surface area (Å²) in [6, 6.07) is 21.4. The fourth-order valence-electron chi connectivity index (χ4n) is 2.98. The lowest BCUT2D eigenvalue weighted by molar-refractivity contribution is 0.199. The molecule has 4 nitrogen and oxygen atoms in total. The van der Waals surface area contributed by atoms with E-state index in [9.17, 15) is 4.79 Å². The summed E-state index contributed by atoms with van der Waals surface area (Å²) in [5.74, 6) is 0.785. The van der Waals surface area contributed by atoms with E-state index in [-0.39, 0.29) is 12.1 Å². The molecule has 0 bridgehead atoms. The van der Waals surface area contributed by atoms with Crippen LogP contribution >= 0.6 is 11.3 Å². The molecule has 1 N–H and O–H groups in total. The largest absolute Gasteiger partial charge is 0.497 e. The second kappa shape index (κ2) is 9.76. The SMILES string of the molecule is C=CCN(Cc1cccs1)C(=O)N[C@@H](c1ccccc1)c1ccc(OC)cc1. The second-order valence-corrected chi connectivity index (χ2v) is 7.35. The van der Waals surface area contributed by atoms with Crippen LogP contribution in [0, 0.1) is 0 Å². The van der Waals surface area contributed by atoms with E-state index in [0.717, 1.165) is 21.8 Å². The first kappa shape index (κ1) is 19.7. The first-order valence-electron chi connectivity index (χ1n) is 9.09. The Kier molecular flexibility index (Phi) is 6.87. The van der Waals surface area contributed by atoms with E-state index >= 15 is 0 Å². The third-order valence-electron chi connectivity index (χ3n) is 4.41. The maximum absolute atomic E-state index is 13.1. The molecule has 0 spiro atoms. The Hall–Kier alpha value is -3.05. The van der Waals surface area contributed by atoms with Crippen LogP contribution in [0.3, 0.4) is 0 Å². The summed E-state index contributed by atoms with van der Waals surface area (Å²) < 4.78 is 5.26. The summed E-state index contributed by atoms with van der Waals surface area (Å²) in [7, 11) is 1.64. The molecule has 0 saturated heterocycles. The van der Waals surface area contributed by atoms with E-state index in [0.29, 0.717) is 13.1 Å². The van der Waals surface area contributed by atoms with Crippen LogP contribution in [0.25, 0.3) is 0 Å². The maximum atomic E-state index is 13.1. The molecule has 5 heteroatoms. The Morgan fingerprint density at radius 3 is 2.43 bits per heavy atom. The molecule has 0 aliphatic rings. The van der Waals surface area contributed by atoms with Gasteiger partial charge in [0.15, 0.2) is 0 Å². The van der Waals surface area contributed by atoms with Gasteiger partial charge in [0.25, 0.3) is 0 Å². The predicted octanol–water partition coefficient (Wildman–Crippen LogP) is 5.24. The Balaban J connectivity index is 1.84. The van der Waals surface area contributed by atoms with E-state index in [2.05, 4.69) is 11.9 Å². The average Bonchev–Trinajstić information content (AvgIpc) is 3.25. The fraction of sp³-hybridized carbons (Fsp3) is 0.174. The van der Waals surface area contributed by atoms with Crippen LogP contribution in [0.1, 0.15) is 22.0 Å². The van der Waals surface area contributed by atoms with Gasteiger partial charge in [0.1, 0.15) is 5.75 Å². The first-order chi connectivity index (χ1) is 13.7. The highest BCUT2D eigenvalue weighted by atomic mass is 32.1. The van der Waals surface area contributed by atoms with Gasteiger partial charge in [-0.15, -0.1) is 17.9 Å². The van der Waals surface area contributed by atoms with Crippen molar-refractivity contribution in [3.8, 4) is 5.75 Å². The summed E-state index contributed by atoms with van der Waals surface area (Å²) in [6.07, 6.45) is 1.75. The third-order valence-corrected chi connectivity index (χ3v) is 5.27. The van der Waals surface area contributed by atoms with Crippen molar-refractivity contribution in [3.05, 3.63) is 101 Å². The molecule has 0 aliphatic heterocycles. The van der Waals surface area contributed by atoms with Gasteiger partial charge >= 0.3 is 6.03 Å². The second-order valence-electron chi connectivity index (χ2n) is 6.31. The molecular weight excluding hydrogens is 368 g/mol. The zero-order valence-electron chi connectivity index (χ0n) is 15.9. The van der Waals surface area contributed by atoms with Gasteiger partial charge in [-0.05, 0) is 34.7 Å². The smallest absolute Gasteiger partial charge is 0.318 e. The molecule has 3 aromatic rings. The van der Waals surface area contributed by atoms with Crippen molar-refractivity contribution in [1.82, 2.24) is 10.2 Å². The van der Waals surface area contributed by atoms with E-state index in [4.69, 9.17) is 4.74 Å². The summed E-state index contributed by atoms with van der Waals surface area (Å²) in [5, 5.41) is 5.20. The molecule has 1 heterocycles. The molecule has 2 amide bonds. The Morgan fingerprint density at radius 2 is 1.82 bits per heavy atom. The van der Waals surface area contributed by atoms with Crippen molar-refractivity contribution in [2.75, 3.05) is 13.7 Å². The molecule has 0 unspecified atom stereocenters. The predicted molar refractivity (Wildman–Crippen MR) is 115 cm³/mol. The van der Waals surface area contributed by atoms with Crippen molar-refractivity contribution >= 4 is 17.4 Å². The lowest BCUT2D eigenvalue weighted by atomic mass is 9.99. The van der Waals surface area contributed by atoms with Crippen LogP contribution in [-0.2, 0) is 6.54 Å². The normalized spacial score (nSPS) is 11.5. The Bertz CT molecular complexity index is 877. The first-order valence-corrected chi connectivity index (χ1v) is 9.97. The van der Waals surface area contributed by atoms with Gasteiger partial charge in [0, 0.05) is 11.4 Å². The van der Waals surface area contributed by atoms with E-state index in [1.54, 1.807) is 29.4 Å². The highest BCUT2D eigenvalue weighted by Crippen LogP contribution is 2.25. The highest BCUT2D eigenvalue weighted by Gasteiger charge is 2.21. The highest BCUT2D eigenvalue weighted by molar-refractivity contribution is 7.09. The molecule has 0 fully saturated rings. The van der Waals surface area contributed by atoms with E-state index < -0.39 is 0 Å². The summed E-state index contributed by atoms with van der Waals surface area (Å²) >= 11 is 1.64. The zero-order chi connectivity index (χ0) is 19.8. The zero-order valence-corrected chi connectivity index (χ0v) is 16.7. The van der Waals surface area contributed by atoms with Crippen molar-refractivity contribution in [2.24, 2.45) is 0 Å². The molecule has 1 atom stereocenters. The average molecular weight is 393 g/mol. The number of carbonyl (C=O) groups excluding carboxylic acids is 1. The van der Waals surface area contributed by atoms with Crippen molar-refractivity contribution in [1.29, 1.82) is 0 Å². The van der Waals surface area contributed by atoms with Gasteiger partial charge < -0.3 is 15.0 Å². The molecule has 144 valence electrons. The maximum Gasteiger partial charge on any atom is 0.318 e. The molecule has 28 heavy (non-hydrogen) atoms. The molecule has 0 radical (unpaired) electrons. The van der Waals surface area contributed by atoms with Gasteiger partial charge in [0.2, 0.25) is 0 Å². The van der Waals surface area contributed by atoms with Gasteiger partial charge in [0.05, 0.1) is 19.7 Å². The minimum absolute atomic E-state index is 0.127. The number of urea groups is 1. The quantitative estimate of drug-likeness (QED) is 0.532. The number of amides is 2. The topological polar surface area (TPSA) is 41.6 Å². The molecule has 3 rings (SSSR count). The van der Waals surface area contributed by atoms with Gasteiger partial charge in [-0.25, -0.2) is 4.79 Å². The molecule has 0 saturated carbocycles. The number of nitrogens with one attached hydrogen (secondary N) is 1. The Labute approximate surface area is 170 Å². The standard InChI is InChI=1S/C23H24N2O2S/c1-3-15-25(17-21-10-7-16-28-21)23(26)24-22(18-8-5-4-6-9-18)19-11-13-20(27-2)14-12-19/h3-14,16,22H,1,15,17H2,2H3,(H,24,26)/t22-/m0/s1. The van der Waals surface area contributed by atoms with Crippen LogP contribution in [0.5, 0.6) is 5.75 Å². The number of ether oxygens (including phenoxy) is 1. The lowest BCUT2D eigenvalue weighted by Gasteiger charge is -2.26. The third kappa shape index (κ3) is 5.02. The van der Waals surface area contributed by atoms with Crippen LogP contribution in [-0.4, -0.2) is 24.6 Å². The number of hydrogen-bond acceptors (Lipinski definition) is 3. The van der Waals surface area contributed by atoms with Gasteiger partial charge in [-0.1, -0.05) is 54.6 Å². The number of thiophene rings is 1. The minimum atomic E-state index is -0.254. The molecule has 2 aromatic carbocycles. The van der Waals surface area contributed by atoms with Crippen molar-refractivity contribution in [3.63, 3.8) is 0 Å². The number of benzene rings is 2.